The Kier molecular flexibility index (Phi) is 5.09. The van der Waals surface area contributed by atoms with E-state index in [2.05, 4.69) is 5.32 Å². The van der Waals surface area contributed by atoms with Crippen LogP contribution in [-0.4, -0.2) is 18.4 Å². The van der Waals surface area contributed by atoms with E-state index in [0.29, 0.717) is 18.1 Å². The molecule has 2 aromatic rings. The van der Waals surface area contributed by atoms with Gasteiger partial charge in [-0.3, -0.25) is 9.59 Å². The van der Waals surface area contributed by atoms with E-state index in [1.54, 1.807) is 17.0 Å². The molecule has 1 aliphatic rings. The molecule has 5 heteroatoms. The van der Waals surface area contributed by atoms with E-state index in [0.717, 1.165) is 22.4 Å². The predicted molar refractivity (Wildman–Crippen MR) is 99.7 cm³/mol. The summed E-state index contributed by atoms with van der Waals surface area (Å²) in [6, 6.07) is 13.4. The van der Waals surface area contributed by atoms with Gasteiger partial charge in [-0.25, -0.2) is 0 Å². The van der Waals surface area contributed by atoms with Gasteiger partial charge in [-0.05, 0) is 42.7 Å². The van der Waals surface area contributed by atoms with Crippen LogP contribution in [0.4, 0.5) is 5.69 Å². The highest BCUT2D eigenvalue weighted by Gasteiger charge is 2.35. The number of halogens is 1. The van der Waals surface area contributed by atoms with Crippen molar-refractivity contribution in [1.29, 1.82) is 0 Å². The van der Waals surface area contributed by atoms with Crippen LogP contribution in [0.5, 0.6) is 0 Å². The van der Waals surface area contributed by atoms with Gasteiger partial charge in [0.25, 0.3) is 0 Å². The third-order valence-electron chi connectivity index (χ3n) is 4.67. The highest BCUT2D eigenvalue weighted by Crippen LogP contribution is 2.30. The number of anilines is 1. The summed E-state index contributed by atoms with van der Waals surface area (Å²) in [7, 11) is 0. The maximum Gasteiger partial charge on any atom is 0.227 e. The van der Waals surface area contributed by atoms with Crippen LogP contribution < -0.4 is 10.2 Å². The van der Waals surface area contributed by atoms with E-state index in [-0.39, 0.29) is 24.2 Å². The number of hydrogen-bond donors (Lipinski definition) is 1. The van der Waals surface area contributed by atoms with Crippen LogP contribution in [-0.2, 0) is 16.1 Å². The minimum absolute atomic E-state index is 0.0404. The third-order valence-corrected chi connectivity index (χ3v) is 4.91. The zero-order valence-electron chi connectivity index (χ0n) is 14.4. The third kappa shape index (κ3) is 3.85. The molecule has 0 aromatic heterocycles. The Labute approximate surface area is 152 Å². The second-order valence-corrected chi connectivity index (χ2v) is 6.92. The summed E-state index contributed by atoms with van der Waals surface area (Å²) in [6.45, 7) is 4.82. The Balaban J connectivity index is 1.67. The number of carbonyl (C=O) groups excluding carboxylic acids is 2. The Morgan fingerprint density at radius 2 is 1.96 bits per heavy atom. The first-order chi connectivity index (χ1) is 12.0. The monoisotopic (exact) mass is 356 g/mol. The minimum Gasteiger partial charge on any atom is -0.352 e. The highest BCUT2D eigenvalue weighted by molar-refractivity contribution is 6.31. The van der Waals surface area contributed by atoms with Gasteiger partial charge in [0.2, 0.25) is 11.8 Å². The zero-order chi connectivity index (χ0) is 18.0. The summed E-state index contributed by atoms with van der Waals surface area (Å²) in [5.41, 5.74) is 3.98. The highest BCUT2D eigenvalue weighted by atomic mass is 35.5. The summed E-state index contributed by atoms with van der Waals surface area (Å²) in [4.78, 5) is 26.5. The van der Waals surface area contributed by atoms with Gasteiger partial charge in [-0.1, -0.05) is 41.9 Å². The van der Waals surface area contributed by atoms with Crippen molar-refractivity contribution in [3.05, 3.63) is 64.2 Å². The maximum atomic E-state index is 12.5. The minimum atomic E-state index is -0.338. The number of nitrogens with zero attached hydrogens (tertiary/aromatic N) is 1. The Morgan fingerprint density at radius 3 is 2.72 bits per heavy atom. The predicted octanol–water partition coefficient (Wildman–Crippen LogP) is 3.63. The fourth-order valence-electron chi connectivity index (χ4n) is 3.12. The van der Waals surface area contributed by atoms with Gasteiger partial charge >= 0.3 is 0 Å². The quantitative estimate of drug-likeness (QED) is 0.909. The Morgan fingerprint density at radius 1 is 1.20 bits per heavy atom. The lowest BCUT2D eigenvalue weighted by Gasteiger charge is -2.19. The van der Waals surface area contributed by atoms with E-state index in [4.69, 9.17) is 11.6 Å². The van der Waals surface area contributed by atoms with Crippen LogP contribution in [0.2, 0.25) is 5.02 Å². The zero-order valence-corrected chi connectivity index (χ0v) is 15.1. The number of aryl methyl sites for hydroxylation is 2. The first-order valence-corrected chi connectivity index (χ1v) is 8.72. The molecule has 1 N–H and O–H groups in total. The van der Waals surface area contributed by atoms with Crippen molar-refractivity contribution in [2.45, 2.75) is 26.8 Å². The van der Waals surface area contributed by atoms with Gasteiger partial charge in [0.15, 0.2) is 0 Å². The lowest BCUT2D eigenvalue weighted by molar-refractivity contribution is -0.126. The van der Waals surface area contributed by atoms with Crippen molar-refractivity contribution in [1.82, 2.24) is 5.32 Å². The summed E-state index contributed by atoms with van der Waals surface area (Å²) >= 11 is 6.06. The number of carbonyl (C=O) groups is 2. The molecule has 25 heavy (non-hydrogen) atoms. The van der Waals surface area contributed by atoms with E-state index in [9.17, 15) is 9.59 Å². The standard InChI is InChI=1S/C20H21ClN2O2/c1-13-5-3-4-6-15(13)11-22-20(25)16-9-19(24)23(12-16)18-10-17(21)8-7-14(18)2/h3-8,10,16H,9,11-12H2,1-2H3,(H,22,25). The van der Waals surface area contributed by atoms with E-state index in [1.165, 1.54) is 0 Å². The molecule has 0 radical (unpaired) electrons. The number of benzene rings is 2. The lowest BCUT2D eigenvalue weighted by Crippen LogP contribution is -2.33. The molecule has 0 spiro atoms. The molecule has 0 bridgehead atoms. The Bertz CT molecular complexity index is 819. The van der Waals surface area contributed by atoms with Crippen LogP contribution in [0.1, 0.15) is 23.1 Å². The normalized spacial score (nSPS) is 17.0. The molecule has 2 aromatic carbocycles. The molecule has 4 nitrogen and oxygen atoms in total. The van der Waals surface area contributed by atoms with Crippen molar-refractivity contribution >= 4 is 29.1 Å². The fourth-order valence-corrected chi connectivity index (χ4v) is 3.29. The summed E-state index contributed by atoms with van der Waals surface area (Å²) in [5, 5.41) is 3.54. The largest absolute Gasteiger partial charge is 0.352 e. The molecule has 1 heterocycles. The van der Waals surface area contributed by atoms with Gasteiger partial charge in [0.1, 0.15) is 0 Å². The molecule has 1 saturated heterocycles. The summed E-state index contributed by atoms with van der Waals surface area (Å²) in [6.07, 6.45) is 0.228. The molecular formula is C20H21ClN2O2. The summed E-state index contributed by atoms with van der Waals surface area (Å²) < 4.78 is 0. The van der Waals surface area contributed by atoms with Crippen LogP contribution in [0.25, 0.3) is 0 Å². The van der Waals surface area contributed by atoms with E-state index in [1.807, 2.05) is 44.2 Å². The fraction of sp³-hybridized carbons (Fsp3) is 0.300. The van der Waals surface area contributed by atoms with Gasteiger partial charge in [-0.2, -0.15) is 0 Å². The molecule has 1 unspecified atom stereocenters. The molecule has 0 saturated carbocycles. The van der Waals surface area contributed by atoms with Crippen molar-refractivity contribution in [3.63, 3.8) is 0 Å². The number of nitrogens with one attached hydrogen (secondary N) is 1. The second kappa shape index (κ2) is 7.28. The average molecular weight is 357 g/mol. The molecule has 1 fully saturated rings. The van der Waals surface area contributed by atoms with Crippen LogP contribution >= 0.6 is 11.6 Å². The molecule has 1 aliphatic heterocycles. The second-order valence-electron chi connectivity index (χ2n) is 6.48. The number of hydrogen-bond acceptors (Lipinski definition) is 2. The van der Waals surface area contributed by atoms with Gasteiger partial charge in [-0.15, -0.1) is 0 Å². The van der Waals surface area contributed by atoms with E-state index < -0.39 is 0 Å². The van der Waals surface area contributed by atoms with E-state index >= 15 is 0 Å². The Hall–Kier alpha value is -2.33. The van der Waals surface area contributed by atoms with Crippen molar-refractivity contribution < 1.29 is 9.59 Å². The first-order valence-electron chi connectivity index (χ1n) is 8.34. The van der Waals surface area contributed by atoms with Crippen LogP contribution in [0, 0.1) is 19.8 Å². The molecule has 3 rings (SSSR count). The molecule has 0 aliphatic carbocycles. The smallest absolute Gasteiger partial charge is 0.227 e. The molecular weight excluding hydrogens is 336 g/mol. The SMILES string of the molecule is Cc1ccccc1CNC(=O)C1CC(=O)N(c2cc(Cl)ccc2C)C1. The van der Waals surface area contributed by atoms with Crippen LogP contribution in [0.3, 0.4) is 0 Å². The van der Waals surface area contributed by atoms with Crippen molar-refractivity contribution in [3.8, 4) is 0 Å². The molecule has 130 valence electrons. The topological polar surface area (TPSA) is 49.4 Å². The average Bonchev–Trinajstić information content (AvgIpc) is 2.98. The number of amides is 2. The first kappa shape index (κ1) is 17.5. The van der Waals surface area contributed by atoms with Gasteiger partial charge in [0, 0.05) is 30.2 Å². The molecule has 1 atom stereocenters. The van der Waals surface area contributed by atoms with Crippen molar-refractivity contribution in [2.24, 2.45) is 5.92 Å². The molecule has 2 amide bonds. The lowest BCUT2D eigenvalue weighted by atomic mass is 10.1. The summed E-state index contributed by atoms with van der Waals surface area (Å²) in [5.74, 6) is -0.463. The van der Waals surface area contributed by atoms with Gasteiger partial charge in [0.05, 0.1) is 5.92 Å². The van der Waals surface area contributed by atoms with Gasteiger partial charge < -0.3 is 10.2 Å². The number of rotatable bonds is 4. The van der Waals surface area contributed by atoms with Crippen molar-refractivity contribution in [2.75, 3.05) is 11.4 Å². The van der Waals surface area contributed by atoms with Crippen LogP contribution in [0.15, 0.2) is 42.5 Å². The maximum absolute atomic E-state index is 12.5.